The summed E-state index contributed by atoms with van der Waals surface area (Å²) in [5.41, 5.74) is 8.02. The number of hydrogen-bond donors (Lipinski definition) is 1. The van der Waals surface area contributed by atoms with Crippen LogP contribution in [0.15, 0.2) is 49.2 Å². The van der Waals surface area contributed by atoms with E-state index in [1.807, 2.05) is 19.1 Å². The molecule has 1 aromatic carbocycles. The Morgan fingerprint density at radius 1 is 1.31 bits per heavy atom. The summed E-state index contributed by atoms with van der Waals surface area (Å²) in [6, 6.07) is 7.99. The Morgan fingerprint density at radius 3 is 2.77 bits per heavy atom. The van der Waals surface area contributed by atoms with Crippen LogP contribution in [0, 0.1) is 10.1 Å². The monoisotopic (exact) mass is 348 g/mol. The number of nitrogen functional groups attached to an aromatic ring is 1. The van der Waals surface area contributed by atoms with E-state index in [1.54, 1.807) is 35.2 Å². The van der Waals surface area contributed by atoms with E-state index in [2.05, 4.69) is 21.5 Å². The van der Waals surface area contributed by atoms with Crippen molar-refractivity contribution in [3.05, 3.63) is 65.1 Å². The van der Waals surface area contributed by atoms with E-state index >= 15 is 0 Å². The number of nitrogens with two attached hydrogens (primary N) is 1. The van der Waals surface area contributed by atoms with E-state index in [4.69, 9.17) is 5.73 Å². The number of benzene rings is 1. The molecule has 0 unspecified atom stereocenters. The molecule has 0 aliphatic rings. The SMILES string of the molecule is C=Cn1c(/C=C\C)nc(-c2cccc([N+](=O)[O-])c2)c1-c1ccnc(N)n1. The minimum Gasteiger partial charge on any atom is -0.368 e. The number of allylic oxidation sites excluding steroid dienone is 1. The van der Waals surface area contributed by atoms with Crippen molar-refractivity contribution >= 4 is 23.9 Å². The second kappa shape index (κ2) is 6.98. The predicted molar refractivity (Wildman–Crippen MR) is 101 cm³/mol. The summed E-state index contributed by atoms with van der Waals surface area (Å²) in [5, 5.41) is 11.1. The zero-order valence-electron chi connectivity index (χ0n) is 14.0. The minimum atomic E-state index is -0.441. The van der Waals surface area contributed by atoms with Crippen LogP contribution >= 0.6 is 0 Å². The van der Waals surface area contributed by atoms with Crippen LogP contribution in [0.25, 0.3) is 34.9 Å². The molecule has 2 aromatic heterocycles. The molecule has 8 nitrogen and oxygen atoms in total. The Morgan fingerprint density at radius 2 is 2.12 bits per heavy atom. The molecule has 0 radical (unpaired) electrons. The number of nitro groups is 1. The lowest BCUT2D eigenvalue weighted by Crippen LogP contribution is -1.99. The van der Waals surface area contributed by atoms with Gasteiger partial charge in [0.25, 0.3) is 5.69 Å². The van der Waals surface area contributed by atoms with E-state index in [0.29, 0.717) is 28.5 Å². The maximum atomic E-state index is 11.1. The molecule has 0 aliphatic heterocycles. The Bertz CT molecular complexity index is 1020. The zero-order chi connectivity index (χ0) is 18.7. The maximum Gasteiger partial charge on any atom is 0.270 e. The lowest BCUT2D eigenvalue weighted by atomic mass is 10.1. The standard InChI is InChI=1S/C18H16N6O2/c1-3-6-15-22-16(12-7-5-8-13(11-12)24(25)26)17(23(15)4-2)14-9-10-20-18(19)21-14/h3-11H,2H2,1H3,(H2,19,20,21)/b6-3-. The number of nitrogens with zero attached hydrogens (tertiary/aromatic N) is 5. The average molecular weight is 348 g/mol. The van der Waals surface area contributed by atoms with Crippen LogP contribution in [-0.2, 0) is 0 Å². The number of anilines is 1. The van der Waals surface area contributed by atoms with Crippen molar-refractivity contribution < 1.29 is 4.92 Å². The summed E-state index contributed by atoms with van der Waals surface area (Å²) in [5.74, 6) is 0.744. The van der Waals surface area contributed by atoms with Gasteiger partial charge in [0.2, 0.25) is 5.95 Å². The minimum absolute atomic E-state index is 0.0172. The molecule has 3 rings (SSSR count). The van der Waals surface area contributed by atoms with Gasteiger partial charge in [0, 0.05) is 30.1 Å². The first-order chi connectivity index (χ1) is 12.5. The molecule has 130 valence electrons. The summed E-state index contributed by atoms with van der Waals surface area (Å²) in [6.45, 7) is 5.71. The average Bonchev–Trinajstić information content (AvgIpc) is 3.00. The first-order valence-corrected chi connectivity index (χ1v) is 7.76. The lowest BCUT2D eigenvalue weighted by Gasteiger charge is -2.07. The highest BCUT2D eigenvalue weighted by atomic mass is 16.6. The summed E-state index contributed by atoms with van der Waals surface area (Å²) >= 11 is 0. The molecule has 0 fully saturated rings. The van der Waals surface area contributed by atoms with Gasteiger partial charge >= 0.3 is 0 Å². The van der Waals surface area contributed by atoms with Gasteiger partial charge in [-0.1, -0.05) is 24.8 Å². The van der Waals surface area contributed by atoms with Crippen LogP contribution in [-0.4, -0.2) is 24.4 Å². The Kier molecular flexibility index (Phi) is 4.57. The highest BCUT2D eigenvalue weighted by molar-refractivity contribution is 5.81. The molecule has 0 aliphatic carbocycles. The predicted octanol–water partition coefficient (Wildman–Crippen LogP) is 3.63. The number of nitro benzene ring substituents is 1. The van der Waals surface area contributed by atoms with Crippen molar-refractivity contribution in [2.45, 2.75) is 6.92 Å². The molecule has 0 bridgehead atoms. The first kappa shape index (κ1) is 17.0. The molecule has 0 saturated heterocycles. The second-order valence-corrected chi connectivity index (χ2v) is 5.33. The fraction of sp³-hybridized carbons (Fsp3) is 0.0556. The molecule has 2 N–H and O–H groups in total. The van der Waals surface area contributed by atoms with Gasteiger partial charge in [-0.3, -0.25) is 14.7 Å². The molecular formula is C18H16N6O2. The van der Waals surface area contributed by atoms with Gasteiger partial charge in [0.15, 0.2) is 0 Å². The third kappa shape index (κ3) is 3.07. The van der Waals surface area contributed by atoms with Crippen LogP contribution in [0.2, 0.25) is 0 Å². The molecule has 0 amide bonds. The number of hydrogen-bond acceptors (Lipinski definition) is 6. The molecule has 2 heterocycles. The molecule has 3 aromatic rings. The van der Waals surface area contributed by atoms with Crippen molar-refractivity contribution in [3.8, 4) is 22.6 Å². The van der Waals surface area contributed by atoms with Crippen LogP contribution in [0.1, 0.15) is 12.7 Å². The van der Waals surface area contributed by atoms with Gasteiger partial charge in [0.1, 0.15) is 5.82 Å². The van der Waals surface area contributed by atoms with Crippen molar-refractivity contribution in [3.63, 3.8) is 0 Å². The molecule has 0 spiro atoms. The van der Waals surface area contributed by atoms with E-state index in [-0.39, 0.29) is 11.6 Å². The van der Waals surface area contributed by atoms with Gasteiger partial charge in [-0.15, -0.1) is 0 Å². The van der Waals surface area contributed by atoms with Crippen LogP contribution in [0.3, 0.4) is 0 Å². The summed E-state index contributed by atoms with van der Waals surface area (Å²) in [4.78, 5) is 23.5. The fourth-order valence-corrected chi connectivity index (χ4v) is 2.62. The largest absolute Gasteiger partial charge is 0.368 e. The third-order valence-corrected chi connectivity index (χ3v) is 3.68. The second-order valence-electron chi connectivity index (χ2n) is 5.33. The van der Waals surface area contributed by atoms with E-state index in [9.17, 15) is 10.1 Å². The zero-order valence-corrected chi connectivity index (χ0v) is 14.0. The number of non-ortho nitro benzene ring substituents is 1. The van der Waals surface area contributed by atoms with Gasteiger partial charge in [-0.2, -0.15) is 0 Å². The molecular weight excluding hydrogens is 332 g/mol. The van der Waals surface area contributed by atoms with E-state index in [1.165, 1.54) is 12.1 Å². The van der Waals surface area contributed by atoms with E-state index in [0.717, 1.165) is 0 Å². The fourth-order valence-electron chi connectivity index (χ4n) is 2.62. The van der Waals surface area contributed by atoms with Crippen molar-refractivity contribution in [1.82, 2.24) is 19.5 Å². The number of rotatable bonds is 5. The summed E-state index contributed by atoms with van der Waals surface area (Å²) < 4.78 is 1.76. The van der Waals surface area contributed by atoms with Crippen LogP contribution in [0.5, 0.6) is 0 Å². The number of imidazole rings is 1. The Labute approximate surface area is 149 Å². The van der Waals surface area contributed by atoms with E-state index < -0.39 is 4.92 Å². The maximum absolute atomic E-state index is 11.1. The van der Waals surface area contributed by atoms with Crippen molar-refractivity contribution in [2.75, 3.05) is 5.73 Å². The quantitative estimate of drug-likeness (QED) is 0.556. The highest BCUT2D eigenvalue weighted by Crippen LogP contribution is 2.34. The molecule has 0 saturated carbocycles. The third-order valence-electron chi connectivity index (χ3n) is 3.68. The Hall–Kier alpha value is -3.81. The highest BCUT2D eigenvalue weighted by Gasteiger charge is 2.20. The van der Waals surface area contributed by atoms with Crippen LogP contribution in [0.4, 0.5) is 11.6 Å². The van der Waals surface area contributed by atoms with Gasteiger partial charge in [-0.25, -0.2) is 15.0 Å². The van der Waals surface area contributed by atoms with Crippen LogP contribution < -0.4 is 5.73 Å². The molecule has 0 atom stereocenters. The first-order valence-electron chi connectivity index (χ1n) is 7.76. The van der Waals surface area contributed by atoms with Gasteiger partial charge in [0.05, 0.1) is 22.0 Å². The molecule has 26 heavy (non-hydrogen) atoms. The normalized spacial score (nSPS) is 11.0. The van der Waals surface area contributed by atoms with Gasteiger partial charge < -0.3 is 5.73 Å². The lowest BCUT2D eigenvalue weighted by molar-refractivity contribution is -0.384. The van der Waals surface area contributed by atoms with Crippen molar-refractivity contribution in [1.29, 1.82) is 0 Å². The topological polar surface area (TPSA) is 113 Å². The number of aromatic nitrogens is 4. The van der Waals surface area contributed by atoms with Crippen molar-refractivity contribution in [2.24, 2.45) is 0 Å². The Balaban J connectivity index is 2.32. The summed E-state index contributed by atoms with van der Waals surface area (Å²) in [7, 11) is 0. The smallest absolute Gasteiger partial charge is 0.270 e. The van der Waals surface area contributed by atoms with Gasteiger partial charge in [-0.05, 0) is 19.1 Å². The molecule has 8 heteroatoms. The summed E-state index contributed by atoms with van der Waals surface area (Å²) in [6.07, 6.45) is 6.82.